The van der Waals surface area contributed by atoms with Crippen LogP contribution in [0.5, 0.6) is 0 Å². The lowest BCUT2D eigenvalue weighted by atomic mass is 9.78. The van der Waals surface area contributed by atoms with Gasteiger partial charge in [0.25, 0.3) is 0 Å². The molecule has 0 radical (unpaired) electrons. The normalized spacial score (nSPS) is 19.9. The summed E-state index contributed by atoms with van der Waals surface area (Å²) in [5.74, 6) is 2.48. The lowest BCUT2D eigenvalue weighted by molar-refractivity contribution is 0.304. The first-order valence-electron chi connectivity index (χ1n) is 11.2. The highest BCUT2D eigenvalue weighted by atomic mass is 14.9. The Kier molecular flexibility index (Phi) is 7.86. The molecule has 0 bridgehead atoms. The second-order valence-corrected chi connectivity index (χ2v) is 8.35. The van der Waals surface area contributed by atoms with Crippen LogP contribution in [0.4, 0.5) is 0 Å². The molecule has 3 rings (SSSR count). The maximum atomic E-state index is 4.69. The van der Waals surface area contributed by atoms with Gasteiger partial charge in [-0.1, -0.05) is 70.2 Å². The molecule has 0 aliphatic heterocycles. The molecule has 1 heterocycles. The van der Waals surface area contributed by atoms with E-state index in [-0.39, 0.29) is 0 Å². The number of hydrogen-bond acceptors (Lipinski definition) is 2. The van der Waals surface area contributed by atoms with E-state index >= 15 is 0 Å². The summed E-state index contributed by atoms with van der Waals surface area (Å²) in [5, 5.41) is 0. The maximum Gasteiger partial charge on any atom is 0.159 e. The van der Waals surface area contributed by atoms with Crippen LogP contribution in [0.3, 0.4) is 0 Å². The van der Waals surface area contributed by atoms with Crippen molar-refractivity contribution < 1.29 is 0 Å². The van der Waals surface area contributed by atoms with Crippen LogP contribution < -0.4 is 0 Å². The van der Waals surface area contributed by atoms with E-state index in [2.05, 4.69) is 60.5 Å². The topological polar surface area (TPSA) is 25.8 Å². The van der Waals surface area contributed by atoms with Gasteiger partial charge in [-0.15, -0.1) is 0 Å². The Balaban J connectivity index is 1.54. The number of benzene rings is 1. The third-order valence-corrected chi connectivity index (χ3v) is 6.24. The Hall–Kier alpha value is -1.70. The van der Waals surface area contributed by atoms with Gasteiger partial charge in [-0.25, -0.2) is 9.97 Å². The Bertz CT molecular complexity index is 652. The molecular formula is C25H36N2. The number of nitrogens with zero attached hydrogens (tertiary/aromatic N) is 2. The molecule has 2 aromatic rings. The quantitative estimate of drug-likeness (QED) is 0.435. The lowest BCUT2D eigenvalue weighted by Crippen LogP contribution is -2.13. The Labute approximate surface area is 165 Å². The van der Waals surface area contributed by atoms with Crippen molar-refractivity contribution >= 4 is 0 Å². The Morgan fingerprint density at radius 3 is 2.11 bits per heavy atom. The first-order valence-corrected chi connectivity index (χ1v) is 11.2. The highest BCUT2D eigenvalue weighted by Crippen LogP contribution is 2.37. The van der Waals surface area contributed by atoms with Gasteiger partial charge in [0.15, 0.2) is 5.82 Å². The molecule has 0 saturated heterocycles. The van der Waals surface area contributed by atoms with Gasteiger partial charge in [-0.05, 0) is 61.5 Å². The summed E-state index contributed by atoms with van der Waals surface area (Å²) >= 11 is 0. The molecule has 27 heavy (non-hydrogen) atoms. The molecule has 2 heteroatoms. The summed E-state index contributed by atoms with van der Waals surface area (Å²) in [6.45, 7) is 4.55. The fourth-order valence-electron chi connectivity index (χ4n) is 4.37. The summed E-state index contributed by atoms with van der Waals surface area (Å²) < 4.78 is 0. The van der Waals surface area contributed by atoms with Crippen molar-refractivity contribution in [2.24, 2.45) is 5.92 Å². The molecule has 1 fully saturated rings. The minimum atomic E-state index is 0.665. The monoisotopic (exact) mass is 364 g/mol. The first-order chi connectivity index (χ1) is 13.3. The molecule has 0 atom stereocenters. The molecule has 1 saturated carbocycles. The molecule has 0 N–H and O–H groups in total. The van der Waals surface area contributed by atoms with Crippen molar-refractivity contribution in [1.29, 1.82) is 0 Å². The van der Waals surface area contributed by atoms with Crippen molar-refractivity contribution in [3.8, 4) is 11.4 Å². The molecule has 0 amide bonds. The van der Waals surface area contributed by atoms with Crippen LogP contribution in [0.15, 0.2) is 36.7 Å². The molecular weight excluding hydrogens is 328 g/mol. The Morgan fingerprint density at radius 1 is 0.815 bits per heavy atom. The second kappa shape index (κ2) is 10.6. The molecule has 1 aliphatic rings. The van der Waals surface area contributed by atoms with E-state index < -0.39 is 0 Å². The fraction of sp³-hybridized carbons (Fsp3) is 0.600. The number of unbranched alkanes of at least 4 members (excludes halogenated alkanes) is 3. The van der Waals surface area contributed by atoms with Crippen LogP contribution in [-0.2, 0) is 6.42 Å². The highest BCUT2D eigenvalue weighted by Gasteiger charge is 2.22. The predicted molar refractivity (Wildman–Crippen MR) is 115 cm³/mol. The number of hydrogen-bond donors (Lipinski definition) is 0. The van der Waals surface area contributed by atoms with Crippen LogP contribution >= 0.6 is 0 Å². The summed E-state index contributed by atoms with van der Waals surface area (Å²) in [4.78, 5) is 9.37. The van der Waals surface area contributed by atoms with Gasteiger partial charge in [0.1, 0.15) is 0 Å². The minimum Gasteiger partial charge on any atom is -0.236 e. The number of aromatic nitrogens is 2. The average Bonchev–Trinajstić information content (AvgIpc) is 2.73. The maximum absolute atomic E-state index is 4.69. The standard InChI is InChI=1S/C25H36N2/c1-3-5-7-9-21-12-16-23(17-13-21)25-26-18-24(19-27-25)22-14-10-20(11-15-22)8-6-4-2/h12-13,16-20,22H,3-11,14-15H2,1-2H3/t20-,22-. The highest BCUT2D eigenvalue weighted by molar-refractivity contribution is 5.55. The van der Waals surface area contributed by atoms with Gasteiger partial charge in [0.2, 0.25) is 0 Å². The molecule has 146 valence electrons. The fourth-order valence-corrected chi connectivity index (χ4v) is 4.37. The largest absolute Gasteiger partial charge is 0.236 e. The number of rotatable bonds is 9. The van der Waals surface area contributed by atoms with Gasteiger partial charge in [-0.2, -0.15) is 0 Å². The van der Waals surface area contributed by atoms with E-state index in [1.807, 2.05) is 0 Å². The lowest BCUT2D eigenvalue weighted by Gasteiger charge is -2.28. The average molecular weight is 365 g/mol. The summed E-state index contributed by atoms with van der Waals surface area (Å²) in [7, 11) is 0. The molecule has 1 aromatic heterocycles. The van der Waals surface area contributed by atoms with Crippen molar-refractivity contribution in [1.82, 2.24) is 9.97 Å². The zero-order valence-electron chi connectivity index (χ0n) is 17.3. The second-order valence-electron chi connectivity index (χ2n) is 8.35. The van der Waals surface area contributed by atoms with Gasteiger partial charge in [0.05, 0.1) is 0 Å². The first kappa shape index (κ1) is 20.0. The van der Waals surface area contributed by atoms with E-state index in [1.165, 1.54) is 81.8 Å². The van der Waals surface area contributed by atoms with Crippen LogP contribution in [0.25, 0.3) is 11.4 Å². The van der Waals surface area contributed by atoms with E-state index in [1.54, 1.807) is 0 Å². The van der Waals surface area contributed by atoms with Crippen molar-refractivity contribution in [3.63, 3.8) is 0 Å². The van der Waals surface area contributed by atoms with Crippen LogP contribution in [0.1, 0.15) is 95.1 Å². The summed E-state index contributed by atoms with van der Waals surface area (Å²) in [6, 6.07) is 8.82. The zero-order valence-corrected chi connectivity index (χ0v) is 17.3. The molecule has 0 unspecified atom stereocenters. The molecule has 2 nitrogen and oxygen atoms in total. The van der Waals surface area contributed by atoms with Gasteiger partial charge < -0.3 is 0 Å². The predicted octanol–water partition coefficient (Wildman–Crippen LogP) is 7.34. The van der Waals surface area contributed by atoms with Gasteiger partial charge in [0, 0.05) is 18.0 Å². The SMILES string of the molecule is CCCCCc1ccc(-c2ncc([C@H]3CC[C@H](CCCC)CC3)cn2)cc1. The van der Waals surface area contributed by atoms with Crippen LogP contribution in [0.2, 0.25) is 0 Å². The van der Waals surface area contributed by atoms with E-state index in [4.69, 9.17) is 0 Å². The van der Waals surface area contributed by atoms with Gasteiger partial charge >= 0.3 is 0 Å². The Morgan fingerprint density at radius 2 is 1.48 bits per heavy atom. The summed E-state index contributed by atoms with van der Waals surface area (Å²) in [6.07, 6.45) is 18.7. The molecule has 1 aliphatic carbocycles. The van der Waals surface area contributed by atoms with Crippen molar-refractivity contribution in [2.45, 2.75) is 90.4 Å². The van der Waals surface area contributed by atoms with E-state index in [0.717, 1.165) is 17.3 Å². The van der Waals surface area contributed by atoms with Gasteiger partial charge in [-0.3, -0.25) is 0 Å². The third kappa shape index (κ3) is 5.89. The van der Waals surface area contributed by atoms with E-state index in [0.29, 0.717) is 5.92 Å². The molecule has 1 aromatic carbocycles. The van der Waals surface area contributed by atoms with Crippen LogP contribution in [-0.4, -0.2) is 9.97 Å². The smallest absolute Gasteiger partial charge is 0.159 e. The molecule has 0 spiro atoms. The number of aryl methyl sites for hydroxylation is 1. The zero-order chi connectivity index (χ0) is 18.9. The van der Waals surface area contributed by atoms with Crippen molar-refractivity contribution in [2.75, 3.05) is 0 Å². The van der Waals surface area contributed by atoms with E-state index in [9.17, 15) is 0 Å². The summed E-state index contributed by atoms with van der Waals surface area (Å²) in [5.41, 5.74) is 3.89. The third-order valence-electron chi connectivity index (χ3n) is 6.24. The van der Waals surface area contributed by atoms with Crippen molar-refractivity contribution in [3.05, 3.63) is 47.8 Å². The minimum absolute atomic E-state index is 0.665. The van der Waals surface area contributed by atoms with Crippen LogP contribution in [0, 0.1) is 5.92 Å².